The average Bonchev–Trinajstić information content (AvgIpc) is 2.32. The Hall–Kier alpha value is -1.95. The zero-order valence-electron chi connectivity index (χ0n) is 10.4. The Balaban J connectivity index is 2.33. The van der Waals surface area contributed by atoms with Gasteiger partial charge in [-0.25, -0.2) is 4.98 Å². The minimum absolute atomic E-state index is 0.00510. The number of rotatable bonds is 2. The van der Waals surface area contributed by atoms with Crippen LogP contribution in [0, 0.1) is 6.92 Å². The van der Waals surface area contributed by atoms with Gasteiger partial charge in [-0.15, -0.1) is 0 Å². The molecular formula is C13H11ClF3N3. The van der Waals surface area contributed by atoms with Crippen LogP contribution in [0.1, 0.15) is 11.3 Å². The highest BCUT2D eigenvalue weighted by atomic mass is 35.5. The molecule has 0 unspecified atom stereocenters. The maximum atomic E-state index is 12.7. The van der Waals surface area contributed by atoms with Crippen molar-refractivity contribution in [1.29, 1.82) is 0 Å². The predicted octanol–water partition coefficient (Wildman–Crippen LogP) is 4.39. The standard InChI is InChI=1S/C13H11ClF3N3/c1-7-11(18)2-3-12(19-7)20-10-5-8(13(15,16)17)4-9(14)6-10/h2-6H,18H2,1H3,(H,19,20). The summed E-state index contributed by atoms with van der Waals surface area (Å²) in [5.74, 6) is 0.395. The van der Waals surface area contributed by atoms with Gasteiger partial charge in [0.15, 0.2) is 0 Å². The highest BCUT2D eigenvalue weighted by molar-refractivity contribution is 6.31. The summed E-state index contributed by atoms with van der Waals surface area (Å²) in [6, 6.07) is 6.44. The van der Waals surface area contributed by atoms with E-state index < -0.39 is 11.7 Å². The van der Waals surface area contributed by atoms with Crippen molar-refractivity contribution in [1.82, 2.24) is 4.98 Å². The molecule has 2 rings (SSSR count). The lowest BCUT2D eigenvalue weighted by Crippen LogP contribution is -2.06. The summed E-state index contributed by atoms with van der Waals surface area (Å²) in [5.41, 5.74) is 6.12. The minimum Gasteiger partial charge on any atom is -0.397 e. The van der Waals surface area contributed by atoms with E-state index in [1.807, 2.05) is 0 Å². The topological polar surface area (TPSA) is 50.9 Å². The Morgan fingerprint density at radius 1 is 1.20 bits per heavy atom. The smallest absolute Gasteiger partial charge is 0.397 e. The van der Waals surface area contributed by atoms with Crippen molar-refractivity contribution >= 4 is 28.8 Å². The number of pyridine rings is 1. The summed E-state index contributed by atoms with van der Waals surface area (Å²) >= 11 is 5.70. The van der Waals surface area contributed by atoms with Crippen LogP contribution in [-0.4, -0.2) is 4.98 Å². The lowest BCUT2D eigenvalue weighted by Gasteiger charge is -2.12. The van der Waals surface area contributed by atoms with E-state index in [4.69, 9.17) is 17.3 Å². The van der Waals surface area contributed by atoms with E-state index >= 15 is 0 Å². The second-order valence-electron chi connectivity index (χ2n) is 4.22. The predicted molar refractivity (Wildman–Crippen MR) is 73.1 cm³/mol. The van der Waals surface area contributed by atoms with Crippen molar-refractivity contribution in [3.63, 3.8) is 0 Å². The molecule has 0 radical (unpaired) electrons. The van der Waals surface area contributed by atoms with Crippen LogP contribution in [0.3, 0.4) is 0 Å². The number of nitrogens with two attached hydrogens (primary N) is 1. The highest BCUT2D eigenvalue weighted by Crippen LogP contribution is 2.34. The fourth-order valence-electron chi connectivity index (χ4n) is 1.61. The molecule has 3 N–H and O–H groups in total. The second-order valence-corrected chi connectivity index (χ2v) is 4.66. The largest absolute Gasteiger partial charge is 0.416 e. The average molecular weight is 302 g/mol. The van der Waals surface area contributed by atoms with E-state index in [0.717, 1.165) is 12.1 Å². The Morgan fingerprint density at radius 2 is 1.90 bits per heavy atom. The number of alkyl halides is 3. The number of nitrogens with zero attached hydrogens (tertiary/aromatic N) is 1. The maximum absolute atomic E-state index is 12.7. The second kappa shape index (κ2) is 5.20. The van der Waals surface area contributed by atoms with Gasteiger partial charge in [-0.1, -0.05) is 11.6 Å². The summed E-state index contributed by atoms with van der Waals surface area (Å²) in [7, 11) is 0. The number of nitrogens with one attached hydrogen (secondary N) is 1. The summed E-state index contributed by atoms with van der Waals surface area (Å²) in [6.07, 6.45) is -4.45. The molecule has 1 aromatic heterocycles. The molecule has 3 nitrogen and oxygen atoms in total. The van der Waals surface area contributed by atoms with E-state index in [-0.39, 0.29) is 10.7 Å². The van der Waals surface area contributed by atoms with Gasteiger partial charge in [0.2, 0.25) is 0 Å². The molecule has 2 aromatic rings. The van der Waals surface area contributed by atoms with Crippen molar-refractivity contribution in [2.24, 2.45) is 0 Å². The van der Waals surface area contributed by atoms with Crippen molar-refractivity contribution in [2.75, 3.05) is 11.1 Å². The van der Waals surface area contributed by atoms with E-state index in [2.05, 4.69) is 10.3 Å². The van der Waals surface area contributed by atoms with Crippen molar-refractivity contribution in [3.05, 3.63) is 46.6 Å². The number of aromatic nitrogens is 1. The third-order valence-electron chi connectivity index (χ3n) is 2.62. The monoisotopic (exact) mass is 301 g/mol. The van der Waals surface area contributed by atoms with Crippen LogP contribution in [-0.2, 0) is 6.18 Å². The Bertz CT molecular complexity index is 641. The molecule has 106 valence electrons. The minimum atomic E-state index is -4.45. The molecular weight excluding hydrogens is 291 g/mol. The molecule has 0 fully saturated rings. The molecule has 20 heavy (non-hydrogen) atoms. The maximum Gasteiger partial charge on any atom is 0.416 e. The van der Waals surface area contributed by atoms with Gasteiger partial charge in [0.25, 0.3) is 0 Å². The zero-order valence-corrected chi connectivity index (χ0v) is 11.2. The van der Waals surface area contributed by atoms with Gasteiger partial charge in [-0.05, 0) is 37.3 Å². The Labute approximate surface area is 118 Å². The summed E-state index contributed by atoms with van der Waals surface area (Å²) < 4.78 is 38.1. The van der Waals surface area contributed by atoms with Crippen LogP contribution < -0.4 is 11.1 Å². The van der Waals surface area contributed by atoms with Crippen LogP contribution in [0.15, 0.2) is 30.3 Å². The molecule has 0 aliphatic carbocycles. The molecule has 0 aliphatic rings. The van der Waals surface area contributed by atoms with Gasteiger partial charge in [-0.2, -0.15) is 13.2 Å². The number of nitrogen functional groups attached to an aromatic ring is 1. The fraction of sp³-hybridized carbons (Fsp3) is 0.154. The molecule has 0 amide bonds. The first-order valence-corrected chi connectivity index (χ1v) is 6.01. The van der Waals surface area contributed by atoms with Gasteiger partial charge < -0.3 is 11.1 Å². The quantitative estimate of drug-likeness (QED) is 0.865. The molecule has 1 heterocycles. The number of halogens is 4. The molecule has 0 saturated carbocycles. The highest BCUT2D eigenvalue weighted by Gasteiger charge is 2.31. The van der Waals surface area contributed by atoms with Gasteiger partial charge in [0.05, 0.1) is 16.9 Å². The van der Waals surface area contributed by atoms with Crippen molar-refractivity contribution in [3.8, 4) is 0 Å². The van der Waals surface area contributed by atoms with Crippen LogP contribution >= 0.6 is 11.6 Å². The van der Waals surface area contributed by atoms with Crippen LogP contribution in [0.2, 0.25) is 5.02 Å². The third-order valence-corrected chi connectivity index (χ3v) is 2.84. The number of aryl methyl sites for hydroxylation is 1. The van der Waals surface area contributed by atoms with Gasteiger partial charge in [-0.3, -0.25) is 0 Å². The Kier molecular flexibility index (Phi) is 3.76. The zero-order chi connectivity index (χ0) is 14.9. The van der Waals surface area contributed by atoms with Crippen LogP contribution in [0.4, 0.5) is 30.4 Å². The fourth-order valence-corrected chi connectivity index (χ4v) is 1.85. The van der Waals surface area contributed by atoms with Gasteiger partial charge in [0.1, 0.15) is 5.82 Å². The molecule has 0 saturated heterocycles. The molecule has 0 spiro atoms. The first kappa shape index (κ1) is 14.5. The van der Waals surface area contributed by atoms with E-state index in [9.17, 15) is 13.2 Å². The van der Waals surface area contributed by atoms with Crippen molar-refractivity contribution < 1.29 is 13.2 Å². The molecule has 0 aliphatic heterocycles. The molecule has 7 heteroatoms. The number of benzene rings is 1. The number of hydrogen-bond donors (Lipinski definition) is 2. The van der Waals surface area contributed by atoms with E-state index in [1.54, 1.807) is 19.1 Å². The molecule has 0 bridgehead atoms. The molecule has 1 aromatic carbocycles. The Morgan fingerprint density at radius 3 is 2.50 bits per heavy atom. The summed E-state index contributed by atoms with van der Waals surface area (Å²) in [4.78, 5) is 4.13. The van der Waals surface area contributed by atoms with E-state index in [1.165, 1.54) is 6.07 Å². The van der Waals surface area contributed by atoms with Gasteiger partial charge >= 0.3 is 6.18 Å². The van der Waals surface area contributed by atoms with Crippen LogP contribution in [0.5, 0.6) is 0 Å². The lowest BCUT2D eigenvalue weighted by molar-refractivity contribution is -0.137. The molecule has 0 atom stereocenters. The first-order valence-electron chi connectivity index (χ1n) is 5.63. The lowest BCUT2D eigenvalue weighted by atomic mass is 10.2. The summed E-state index contributed by atoms with van der Waals surface area (Å²) in [6.45, 7) is 1.71. The first-order chi connectivity index (χ1) is 9.25. The normalized spacial score (nSPS) is 11.4. The van der Waals surface area contributed by atoms with Gasteiger partial charge in [0, 0.05) is 10.7 Å². The number of anilines is 3. The van der Waals surface area contributed by atoms with Crippen LogP contribution in [0.25, 0.3) is 0 Å². The summed E-state index contributed by atoms with van der Waals surface area (Å²) in [5, 5.41) is 2.77. The third kappa shape index (κ3) is 3.33. The SMILES string of the molecule is Cc1nc(Nc2cc(Cl)cc(C(F)(F)F)c2)ccc1N. The number of hydrogen-bond acceptors (Lipinski definition) is 3. The van der Waals surface area contributed by atoms with Crippen molar-refractivity contribution in [2.45, 2.75) is 13.1 Å². The van der Waals surface area contributed by atoms with E-state index in [0.29, 0.717) is 17.2 Å².